The number of aromatic nitrogens is 2. The van der Waals surface area contributed by atoms with Crippen LogP contribution in [0.1, 0.15) is 23.2 Å². The molecule has 0 saturated carbocycles. The van der Waals surface area contributed by atoms with Gasteiger partial charge in [-0.3, -0.25) is 9.89 Å². The maximum atomic E-state index is 14.3. The summed E-state index contributed by atoms with van der Waals surface area (Å²) >= 11 is 5.89. The number of piperidine rings is 1. The fourth-order valence-corrected chi connectivity index (χ4v) is 3.45. The predicted molar refractivity (Wildman–Crippen MR) is 105 cm³/mol. The number of benzene rings is 2. The first-order valence-corrected chi connectivity index (χ1v) is 9.49. The number of ether oxygens (including phenoxy) is 1. The number of rotatable bonds is 4. The number of amides is 1. The summed E-state index contributed by atoms with van der Waals surface area (Å²) in [5.41, 5.74) is 1.54. The standard InChI is InChI=1S/C21H19ClFN3O2/c22-15-2-4-16(5-3-15)28-17-8-11-26(12-9-17)21(27)18-13-14(1-6-19(18)23)20-7-10-24-25-20/h1-7,10,13,17H,8-9,11-12H2,(H,24,25). The second-order valence-corrected chi connectivity index (χ2v) is 7.16. The highest BCUT2D eigenvalue weighted by molar-refractivity contribution is 6.30. The first-order chi connectivity index (χ1) is 13.6. The summed E-state index contributed by atoms with van der Waals surface area (Å²) < 4.78 is 20.3. The van der Waals surface area contributed by atoms with Gasteiger partial charge in [-0.25, -0.2) is 4.39 Å². The van der Waals surface area contributed by atoms with Gasteiger partial charge in [0.1, 0.15) is 17.7 Å². The Labute approximate surface area is 167 Å². The van der Waals surface area contributed by atoms with Crippen molar-refractivity contribution in [2.75, 3.05) is 13.1 Å². The van der Waals surface area contributed by atoms with Crippen molar-refractivity contribution >= 4 is 17.5 Å². The molecule has 2 heterocycles. The van der Waals surface area contributed by atoms with Crippen LogP contribution in [0.25, 0.3) is 11.3 Å². The van der Waals surface area contributed by atoms with Gasteiger partial charge in [0.05, 0.1) is 11.3 Å². The van der Waals surface area contributed by atoms with E-state index in [4.69, 9.17) is 16.3 Å². The van der Waals surface area contributed by atoms with E-state index in [2.05, 4.69) is 10.2 Å². The highest BCUT2D eigenvalue weighted by Crippen LogP contribution is 2.24. The third-order valence-corrected chi connectivity index (χ3v) is 5.11. The van der Waals surface area contributed by atoms with E-state index in [0.717, 1.165) is 17.0 Å². The molecule has 3 aromatic rings. The highest BCUT2D eigenvalue weighted by atomic mass is 35.5. The van der Waals surface area contributed by atoms with Gasteiger partial charge < -0.3 is 9.64 Å². The Hall–Kier alpha value is -2.86. The molecule has 0 spiro atoms. The summed E-state index contributed by atoms with van der Waals surface area (Å²) in [5, 5.41) is 7.39. The first-order valence-electron chi connectivity index (χ1n) is 9.11. The third kappa shape index (κ3) is 4.02. The quantitative estimate of drug-likeness (QED) is 0.700. The lowest BCUT2D eigenvalue weighted by Crippen LogP contribution is -2.42. The minimum atomic E-state index is -0.521. The van der Waals surface area contributed by atoms with Gasteiger partial charge in [-0.05, 0) is 48.5 Å². The third-order valence-electron chi connectivity index (χ3n) is 4.85. The van der Waals surface area contributed by atoms with Crippen LogP contribution in [0.4, 0.5) is 4.39 Å². The Kier molecular flexibility index (Phi) is 5.30. The molecule has 2 aromatic carbocycles. The molecule has 0 aliphatic carbocycles. The van der Waals surface area contributed by atoms with Crippen LogP contribution in [0, 0.1) is 5.82 Å². The second kappa shape index (κ2) is 8.02. The van der Waals surface area contributed by atoms with Crippen LogP contribution in [0.5, 0.6) is 5.75 Å². The SMILES string of the molecule is O=C(c1cc(-c2ccn[nH]2)ccc1F)N1CCC(Oc2ccc(Cl)cc2)CC1. The molecule has 1 aliphatic heterocycles. The molecule has 1 aromatic heterocycles. The monoisotopic (exact) mass is 399 g/mol. The van der Waals surface area contributed by atoms with Crippen molar-refractivity contribution in [1.29, 1.82) is 0 Å². The fraction of sp³-hybridized carbons (Fsp3) is 0.238. The molecular formula is C21H19ClFN3O2. The topological polar surface area (TPSA) is 58.2 Å². The Balaban J connectivity index is 1.41. The molecule has 28 heavy (non-hydrogen) atoms. The fourth-order valence-electron chi connectivity index (χ4n) is 3.33. The molecule has 4 rings (SSSR count). The Bertz CT molecular complexity index is 952. The van der Waals surface area contributed by atoms with Crippen molar-refractivity contribution in [3.05, 3.63) is 71.1 Å². The van der Waals surface area contributed by atoms with Crippen LogP contribution in [0.3, 0.4) is 0 Å². The molecule has 0 unspecified atom stereocenters. The molecule has 144 valence electrons. The number of H-pyrrole nitrogens is 1. The Morgan fingerprint density at radius 2 is 1.89 bits per heavy atom. The molecule has 0 radical (unpaired) electrons. The molecular weight excluding hydrogens is 381 g/mol. The molecule has 0 atom stereocenters. The van der Waals surface area contributed by atoms with E-state index in [0.29, 0.717) is 31.0 Å². The van der Waals surface area contributed by atoms with Gasteiger partial charge in [0.25, 0.3) is 5.91 Å². The number of hydrogen-bond acceptors (Lipinski definition) is 3. The summed E-state index contributed by atoms with van der Waals surface area (Å²) in [7, 11) is 0. The van der Waals surface area contributed by atoms with Gasteiger partial charge in [-0.15, -0.1) is 0 Å². The van der Waals surface area contributed by atoms with E-state index >= 15 is 0 Å². The molecule has 0 bridgehead atoms. The predicted octanol–water partition coefficient (Wildman–Crippen LogP) is 4.55. The minimum absolute atomic E-state index is 0.0198. The number of carbonyl (C=O) groups is 1. The number of likely N-dealkylation sites (tertiary alicyclic amines) is 1. The molecule has 1 aliphatic rings. The molecule has 7 heteroatoms. The van der Waals surface area contributed by atoms with Crippen molar-refractivity contribution < 1.29 is 13.9 Å². The van der Waals surface area contributed by atoms with E-state index in [1.165, 1.54) is 6.07 Å². The number of hydrogen-bond donors (Lipinski definition) is 1. The molecule has 5 nitrogen and oxygen atoms in total. The van der Waals surface area contributed by atoms with Crippen LogP contribution in [-0.2, 0) is 0 Å². The van der Waals surface area contributed by atoms with E-state index in [-0.39, 0.29) is 17.6 Å². The average molecular weight is 400 g/mol. The van der Waals surface area contributed by atoms with Gasteiger partial charge >= 0.3 is 0 Å². The van der Waals surface area contributed by atoms with Crippen LogP contribution in [-0.4, -0.2) is 40.2 Å². The van der Waals surface area contributed by atoms with Crippen LogP contribution < -0.4 is 4.74 Å². The molecule has 1 fully saturated rings. The maximum absolute atomic E-state index is 14.3. The average Bonchev–Trinajstić information content (AvgIpc) is 3.25. The lowest BCUT2D eigenvalue weighted by molar-refractivity contribution is 0.0591. The summed E-state index contributed by atoms with van der Waals surface area (Å²) in [6, 6.07) is 13.5. The summed E-state index contributed by atoms with van der Waals surface area (Å²) in [6.45, 7) is 1.04. The zero-order valence-electron chi connectivity index (χ0n) is 15.1. The molecule has 1 N–H and O–H groups in total. The second-order valence-electron chi connectivity index (χ2n) is 6.73. The first kappa shape index (κ1) is 18.5. The van der Waals surface area contributed by atoms with Gasteiger partial charge in [0.15, 0.2) is 0 Å². The smallest absolute Gasteiger partial charge is 0.256 e. The van der Waals surface area contributed by atoms with E-state index < -0.39 is 5.82 Å². The van der Waals surface area contributed by atoms with Crippen molar-refractivity contribution in [2.45, 2.75) is 18.9 Å². The van der Waals surface area contributed by atoms with Gasteiger partial charge in [-0.2, -0.15) is 5.10 Å². The van der Waals surface area contributed by atoms with Crippen molar-refractivity contribution in [2.24, 2.45) is 0 Å². The maximum Gasteiger partial charge on any atom is 0.256 e. The normalized spacial score (nSPS) is 14.9. The lowest BCUT2D eigenvalue weighted by atomic mass is 10.0. The zero-order chi connectivity index (χ0) is 19.5. The van der Waals surface area contributed by atoms with Crippen molar-refractivity contribution in [1.82, 2.24) is 15.1 Å². The summed E-state index contributed by atoms with van der Waals surface area (Å²) in [4.78, 5) is 14.5. The Morgan fingerprint density at radius 3 is 2.57 bits per heavy atom. The van der Waals surface area contributed by atoms with E-state index in [9.17, 15) is 9.18 Å². The van der Waals surface area contributed by atoms with Gasteiger partial charge in [-0.1, -0.05) is 11.6 Å². The number of aromatic amines is 1. The molecule has 1 amide bonds. The van der Waals surface area contributed by atoms with Gasteiger partial charge in [0.2, 0.25) is 0 Å². The largest absolute Gasteiger partial charge is 0.490 e. The van der Waals surface area contributed by atoms with E-state index in [1.54, 1.807) is 41.4 Å². The van der Waals surface area contributed by atoms with Crippen LogP contribution in [0.15, 0.2) is 54.7 Å². The number of nitrogens with one attached hydrogen (secondary N) is 1. The highest BCUT2D eigenvalue weighted by Gasteiger charge is 2.26. The zero-order valence-corrected chi connectivity index (χ0v) is 15.8. The minimum Gasteiger partial charge on any atom is -0.490 e. The Morgan fingerprint density at radius 1 is 1.14 bits per heavy atom. The van der Waals surface area contributed by atoms with Gasteiger partial charge in [0, 0.05) is 42.7 Å². The lowest BCUT2D eigenvalue weighted by Gasteiger charge is -2.32. The molecule has 1 saturated heterocycles. The van der Waals surface area contributed by atoms with Crippen molar-refractivity contribution in [3.63, 3.8) is 0 Å². The number of halogens is 2. The van der Waals surface area contributed by atoms with Crippen molar-refractivity contribution in [3.8, 4) is 17.0 Å². The summed E-state index contributed by atoms with van der Waals surface area (Å²) in [5.74, 6) is -0.0657. The summed E-state index contributed by atoms with van der Waals surface area (Å²) in [6.07, 6.45) is 3.02. The van der Waals surface area contributed by atoms with Crippen LogP contribution >= 0.6 is 11.6 Å². The number of nitrogens with zero attached hydrogens (tertiary/aromatic N) is 2. The van der Waals surface area contributed by atoms with Crippen LogP contribution in [0.2, 0.25) is 5.02 Å². The number of carbonyl (C=O) groups excluding carboxylic acids is 1. The van der Waals surface area contributed by atoms with E-state index in [1.807, 2.05) is 12.1 Å².